The van der Waals surface area contributed by atoms with E-state index in [2.05, 4.69) is 9.88 Å². The molecule has 0 saturated carbocycles. The molecule has 23 heavy (non-hydrogen) atoms. The van der Waals surface area contributed by atoms with Gasteiger partial charge in [-0.25, -0.2) is 4.98 Å². The molecule has 2 aromatic rings. The number of amides is 1. The minimum atomic E-state index is -0.416. The molecule has 0 spiro atoms. The second-order valence-electron chi connectivity index (χ2n) is 5.64. The van der Waals surface area contributed by atoms with Crippen LogP contribution < -0.4 is 4.90 Å². The highest BCUT2D eigenvalue weighted by Gasteiger charge is 2.50. The minimum Gasteiger partial charge on any atom is -0.273 e. The van der Waals surface area contributed by atoms with Gasteiger partial charge < -0.3 is 0 Å². The van der Waals surface area contributed by atoms with E-state index in [1.54, 1.807) is 23.2 Å². The van der Waals surface area contributed by atoms with Gasteiger partial charge in [-0.05, 0) is 30.5 Å². The van der Waals surface area contributed by atoms with Gasteiger partial charge in [-0.15, -0.1) is 11.3 Å². The number of nitro groups is 1. The van der Waals surface area contributed by atoms with Crippen molar-refractivity contribution in [1.82, 2.24) is 9.88 Å². The van der Waals surface area contributed by atoms with Crippen molar-refractivity contribution in [3.8, 4) is 0 Å². The van der Waals surface area contributed by atoms with Crippen molar-refractivity contribution >= 4 is 28.1 Å². The lowest BCUT2D eigenvalue weighted by atomic mass is 10.1. The molecule has 2 aliphatic rings. The van der Waals surface area contributed by atoms with Crippen molar-refractivity contribution in [2.45, 2.75) is 25.0 Å². The molecule has 2 aliphatic heterocycles. The summed E-state index contributed by atoms with van der Waals surface area (Å²) >= 11 is 1.43. The van der Waals surface area contributed by atoms with Crippen LogP contribution in [0.2, 0.25) is 0 Å². The summed E-state index contributed by atoms with van der Waals surface area (Å²) in [5.74, 6) is 0.0702. The number of hydrogen-bond donors (Lipinski definition) is 0. The van der Waals surface area contributed by atoms with E-state index in [0.717, 1.165) is 24.9 Å². The number of anilines is 1. The summed E-state index contributed by atoms with van der Waals surface area (Å²) < 4.78 is 0. The first-order valence-electron chi connectivity index (χ1n) is 7.39. The molecule has 4 rings (SSSR count). The Morgan fingerprint density at radius 1 is 1.30 bits per heavy atom. The van der Waals surface area contributed by atoms with Crippen molar-refractivity contribution in [2.75, 3.05) is 11.4 Å². The molecule has 0 aliphatic carbocycles. The SMILES string of the molecule is O=C1C2CCCN2C(c2ccc([N+](=O)[O-])cc2)N1c1nccs1. The van der Waals surface area contributed by atoms with Crippen LogP contribution in [0.25, 0.3) is 0 Å². The van der Waals surface area contributed by atoms with Crippen LogP contribution in [0.5, 0.6) is 0 Å². The summed E-state index contributed by atoms with van der Waals surface area (Å²) in [6.07, 6.45) is 3.29. The predicted molar refractivity (Wildman–Crippen MR) is 85.2 cm³/mol. The van der Waals surface area contributed by atoms with E-state index < -0.39 is 4.92 Å². The van der Waals surface area contributed by atoms with E-state index in [-0.39, 0.29) is 23.8 Å². The Bertz CT molecular complexity index is 747. The number of fused-ring (bicyclic) bond motifs is 1. The molecule has 1 aromatic carbocycles. The Kier molecular flexibility index (Phi) is 3.35. The van der Waals surface area contributed by atoms with Crippen molar-refractivity contribution < 1.29 is 9.72 Å². The zero-order valence-electron chi connectivity index (χ0n) is 12.2. The van der Waals surface area contributed by atoms with E-state index in [0.29, 0.717) is 5.13 Å². The number of rotatable bonds is 3. The molecule has 2 fully saturated rings. The molecule has 0 bridgehead atoms. The number of thiazole rings is 1. The van der Waals surface area contributed by atoms with Crippen molar-refractivity contribution in [3.63, 3.8) is 0 Å². The maximum absolute atomic E-state index is 12.8. The highest BCUT2D eigenvalue weighted by molar-refractivity contribution is 7.13. The lowest BCUT2D eigenvalue weighted by molar-refractivity contribution is -0.384. The molecule has 8 heteroatoms. The van der Waals surface area contributed by atoms with Gasteiger partial charge in [-0.3, -0.25) is 24.7 Å². The molecular weight excluding hydrogens is 316 g/mol. The quantitative estimate of drug-likeness (QED) is 0.638. The number of carbonyl (C=O) groups excluding carboxylic acids is 1. The first-order valence-corrected chi connectivity index (χ1v) is 8.27. The van der Waals surface area contributed by atoms with Gasteiger partial charge in [-0.2, -0.15) is 0 Å². The van der Waals surface area contributed by atoms with Crippen LogP contribution in [0.1, 0.15) is 24.6 Å². The fourth-order valence-electron chi connectivity index (χ4n) is 3.42. The number of nitrogens with zero attached hydrogens (tertiary/aromatic N) is 4. The van der Waals surface area contributed by atoms with Crippen LogP contribution >= 0.6 is 11.3 Å². The van der Waals surface area contributed by atoms with Crippen molar-refractivity contribution in [1.29, 1.82) is 0 Å². The lowest BCUT2D eigenvalue weighted by Crippen LogP contribution is -2.32. The van der Waals surface area contributed by atoms with Gasteiger partial charge in [-0.1, -0.05) is 0 Å². The largest absolute Gasteiger partial charge is 0.273 e. The van der Waals surface area contributed by atoms with Crippen LogP contribution in [0, 0.1) is 10.1 Å². The van der Waals surface area contributed by atoms with E-state index in [1.165, 1.54) is 23.5 Å². The molecule has 1 amide bonds. The summed E-state index contributed by atoms with van der Waals surface area (Å²) in [5.41, 5.74) is 0.931. The first-order chi connectivity index (χ1) is 11.2. The maximum Gasteiger partial charge on any atom is 0.269 e. The summed E-state index contributed by atoms with van der Waals surface area (Å²) in [6.45, 7) is 0.847. The van der Waals surface area contributed by atoms with E-state index in [1.807, 2.05) is 5.38 Å². The van der Waals surface area contributed by atoms with Crippen LogP contribution in [0.4, 0.5) is 10.8 Å². The molecule has 2 atom stereocenters. The fraction of sp³-hybridized carbons (Fsp3) is 0.333. The molecule has 2 saturated heterocycles. The second kappa shape index (κ2) is 5.39. The highest BCUT2D eigenvalue weighted by atomic mass is 32.1. The zero-order chi connectivity index (χ0) is 16.0. The molecule has 2 unspecified atom stereocenters. The zero-order valence-corrected chi connectivity index (χ0v) is 13.0. The number of benzene rings is 1. The predicted octanol–water partition coefficient (Wildman–Crippen LogP) is 2.56. The second-order valence-corrected chi connectivity index (χ2v) is 6.51. The van der Waals surface area contributed by atoms with Crippen LogP contribution in [-0.2, 0) is 4.79 Å². The van der Waals surface area contributed by atoms with Gasteiger partial charge in [0, 0.05) is 30.3 Å². The monoisotopic (exact) mass is 330 g/mol. The maximum atomic E-state index is 12.8. The topological polar surface area (TPSA) is 79.6 Å². The number of nitro benzene ring substituents is 1. The van der Waals surface area contributed by atoms with Gasteiger partial charge in [0.2, 0.25) is 5.91 Å². The Morgan fingerprint density at radius 2 is 2.09 bits per heavy atom. The molecule has 1 aromatic heterocycles. The van der Waals surface area contributed by atoms with Crippen LogP contribution in [-0.4, -0.2) is 33.3 Å². The fourth-order valence-corrected chi connectivity index (χ4v) is 4.09. The number of hydrogen-bond acceptors (Lipinski definition) is 6. The minimum absolute atomic E-state index is 0.0526. The number of aromatic nitrogens is 1. The van der Waals surface area contributed by atoms with Crippen molar-refractivity contribution in [2.24, 2.45) is 0 Å². The first kappa shape index (κ1) is 14.3. The summed E-state index contributed by atoms with van der Waals surface area (Å²) in [7, 11) is 0. The Balaban J connectivity index is 1.76. The Labute approximate surface area is 136 Å². The molecular formula is C15H14N4O3S. The van der Waals surface area contributed by atoms with Gasteiger partial charge in [0.1, 0.15) is 6.17 Å². The van der Waals surface area contributed by atoms with Gasteiger partial charge in [0.15, 0.2) is 5.13 Å². The third-order valence-corrected chi connectivity index (χ3v) is 5.17. The summed E-state index contributed by atoms with van der Waals surface area (Å²) in [4.78, 5) is 31.4. The summed E-state index contributed by atoms with van der Waals surface area (Å²) in [5, 5.41) is 13.4. The molecule has 7 nitrogen and oxygen atoms in total. The third kappa shape index (κ3) is 2.22. The van der Waals surface area contributed by atoms with E-state index in [4.69, 9.17) is 0 Å². The molecule has 0 radical (unpaired) electrons. The number of carbonyl (C=O) groups is 1. The van der Waals surface area contributed by atoms with E-state index >= 15 is 0 Å². The van der Waals surface area contributed by atoms with Gasteiger partial charge in [0.25, 0.3) is 5.69 Å². The van der Waals surface area contributed by atoms with Crippen LogP contribution in [0.3, 0.4) is 0 Å². The number of non-ortho nitro benzene ring substituents is 1. The average molecular weight is 330 g/mol. The van der Waals surface area contributed by atoms with Gasteiger partial charge >= 0.3 is 0 Å². The summed E-state index contributed by atoms with van der Waals surface area (Å²) in [6, 6.07) is 6.33. The molecule has 0 N–H and O–H groups in total. The normalized spacial score (nSPS) is 24.2. The van der Waals surface area contributed by atoms with Gasteiger partial charge in [0.05, 0.1) is 11.0 Å². The smallest absolute Gasteiger partial charge is 0.269 e. The third-order valence-electron chi connectivity index (χ3n) is 4.40. The Morgan fingerprint density at radius 3 is 2.74 bits per heavy atom. The average Bonchev–Trinajstić information content (AvgIpc) is 3.26. The molecule has 3 heterocycles. The highest BCUT2D eigenvalue weighted by Crippen LogP contribution is 2.43. The Hall–Kier alpha value is -2.32. The molecule has 118 valence electrons. The van der Waals surface area contributed by atoms with Crippen LogP contribution in [0.15, 0.2) is 35.8 Å². The standard InChI is InChI=1S/C15H14N4O3S/c20-14-12-2-1-8-17(12)13(18(14)15-16-7-9-23-15)10-3-5-11(6-4-10)19(21)22/h3-7,9,12-13H,1-2,8H2. The van der Waals surface area contributed by atoms with E-state index in [9.17, 15) is 14.9 Å². The lowest BCUT2D eigenvalue weighted by Gasteiger charge is -2.27. The van der Waals surface area contributed by atoms with Crippen molar-refractivity contribution in [3.05, 3.63) is 51.5 Å².